The Morgan fingerprint density at radius 3 is 2.95 bits per heavy atom. The van der Waals surface area contributed by atoms with E-state index in [1.165, 1.54) is 5.56 Å². The molecule has 1 fully saturated rings. The molecule has 3 rings (SSSR count). The van der Waals surface area contributed by atoms with E-state index >= 15 is 0 Å². The van der Waals surface area contributed by atoms with Crippen LogP contribution in [0.4, 0.5) is 0 Å². The van der Waals surface area contributed by atoms with Gasteiger partial charge in [0.05, 0.1) is 11.6 Å². The highest BCUT2D eigenvalue weighted by molar-refractivity contribution is 5.83. The summed E-state index contributed by atoms with van der Waals surface area (Å²) in [7, 11) is 0. The Morgan fingerprint density at radius 1 is 1.35 bits per heavy atom. The van der Waals surface area contributed by atoms with Crippen molar-refractivity contribution in [1.29, 1.82) is 0 Å². The predicted molar refractivity (Wildman–Crippen MR) is 79.2 cm³/mol. The van der Waals surface area contributed by atoms with Gasteiger partial charge in [-0.3, -0.25) is 9.78 Å². The second-order valence-corrected chi connectivity index (χ2v) is 5.37. The smallest absolute Gasteiger partial charge is 0.237 e. The number of carbonyl (C=O) groups is 1. The zero-order chi connectivity index (χ0) is 13.9. The number of benzene rings is 1. The summed E-state index contributed by atoms with van der Waals surface area (Å²) in [5.74, 6) is 0.0888. The molecule has 1 saturated carbocycles. The molecular formula is C16H19N3O. The Balaban J connectivity index is 1.65. The molecule has 2 N–H and O–H groups in total. The fraction of sp³-hybridized carbons (Fsp3) is 0.375. The number of rotatable bonds is 5. The van der Waals surface area contributed by atoms with Gasteiger partial charge in [0.15, 0.2) is 0 Å². The Hall–Kier alpha value is -1.94. The summed E-state index contributed by atoms with van der Waals surface area (Å²) >= 11 is 0. The number of carbonyl (C=O) groups excluding carboxylic acids is 1. The molecule has 4 nitrogen and oxygen atoms in total. The maximum Gasteiger partial charge on any atom is 0.237 e. The Labute approximate surface area is 118 Å². The minimum Gasteiger partial charge on any atom is -0.352 e. The fourth-order valence-electron chi connectivity index (χ4n) is 2.22. The van der Waals surface area contributed by atoms with Crippen molar-refractivity contribution in [2.24, 2.45) is 0 Å². The van der Waals surface area contributed by atoms with Crippen molar-refractivity contribution in [3.63, 3.8) is 0 Å². The molecule has 1 aliphatic rings. The summed E-state index contributed by atoms with van der Waals surface area (Å²) in [6.07, 6.45) is 4.05. The first-order chi connectivity index (χ1) is 9.74. The van der Waals surface area contributed by atoms with Gasteiger partial charge in [-0.25, -0.2) is 0 Å². The third-order valence-corrected chi connectivity index (χ3v) is 3.66. The van der Waals surface area contributed by atoms with Crippen LogP contribution < -0.4 is 10.6 Å². The van der Waals surface area contributed by atoms with E-state index in [4.69, 9.17) is 0 Å². The molecule has 1 amide bonds. The Morgan fingerprint density at radius 2 is 2.15 bits per heavy atom. The molecule has 1 aromatic heterocycles. The van der Waals surface area contributed by atoms with Gasteiger partial charge in [0.1, 0.15) is 0 Å². The number of nitrogens with one attached hydrogen (secondary N) is 2. The molecule has 20 heavy (non-hydrogen) atoms. The van der Waals surface area contributed by atoms with Gasteiger partial charge in [-0.05, 0) is 37.5 Å². The molecule has 0 spiro atoms. The quantitative estimate of drug-likeness (QED) is 0.873. The minimum absolute atomic E-state index is 0.0888. The van der Waals surface area contributed by atoms with E-state index in [-0.39, 0.29) is 11.9 Å². The average molecular weight is 269 g/mol. The predicted octanol–water partition coefficient (Wildman–Crippen LogP) is 1.99. The van der Waals surface area contributed by atoms with Gasteiger partial charge in [-0.15, -0.1) is 0 Å². The third kappa shape index (κ3) is 2.96. The van der Waals surface area contributed by atoms with Crippen LogP contribution in [-0.4, -0.2) is 23.0 Å². The molecular weight excluding hydrogens is 250 g/mol. The van der Waals surface area contributed by atoms with E-state index in [0.717, 1.165) is 23.7 Å². The van der Waals surface area contributed by atoms with Gasteiger partial charge in [-0.2, -0.15) is 0 Å². The monoisotopic (exact) mass is 269 g/mol. The zero-order valence-corrected chi connectivity index (χ0v) is 11.6. The maximum atomic E-state index is 11.9. The Kier molecular flexibility index (Phi) is 3.65. The number of hydrogen-bond donors (Lipinski definition) is 2. The van der Waals surface area contributed by atoms with Crippen molar-refractivity contribution < 1.29 is 4.79 Å². The van der Waals surface area contributed by atoms with E-state index in [9.17, 15) is 4.79 Å². The average Bonchev–Trinajstić information content (AvgIpc) is 3.28. The molecule has 0 radical (unpaired) electrons. The molecule has 1 heterocycles. The standard InChI is InChI=1S/C16H19N3O/c1-11(16(20)19-13-6-7-13)18-10-12-8-9-17-15-5-3-2-4-14(12)15/h2-5,8-9,11,13,18H,6-7,10H2,1H3,(H,19,20). The van der Waals surface area contributed by atoms with Crippen LogP contribution in [0.3, 0.4) is 0 Å². The van der Waals surface area contributed by atoms with E-state index in [2.05, 4.69) is 21.7 Å². The number of aromatic nitrogens is 1. The summed E-state index contributed by atoms with van der Waals surface area (Å²) < 4.78 is 0. The first-order valence-corrected chi connectivity index (χ1v) is 7.10. The van der Waals surface area contributed by atoms with Gasteiger partial charge in [0.25, 0.3) is 0 Å². The maximum absolute atomic E-state index is 11.9. The van der Waals surface area contributed by atoms with Crippen LogP contribution in [0.25, 0.3) is 10.9 Å². The molecule has 1 aliphatic carbocycles. The van der Waals surface area contributed by atoms with Crippen molar-refractivity contribution in [2.45, 2.75) is 38.4 Å². The van der Waals surface area contributed by atoms with Crippen molar-refractivity contribution in [1.82, 2.24) is 15.6 Å². The zero-order valence-electron chi connectivity index (χ0n) is 11.6. The van der Waals surface area contributed by atoms with Crippen molar-refractivity contribution in [2.75, 3.05) is 0 Å². The third-order valence-electron chi connectivity index (χ3n) is 3.66. The molecule has 0 saturated heterocycles. The first-order valence-electron chi connectivity index (χ1n) is 7.10. The number of pyridine rings is 1. The summed E-state index contributed by atoms with van der Waals surface area (Å²) in [5.41, 5.74) is 2.16. The summed E-state index contributed by atoms with van der Waals surface area (Å²) in [4.78, 5) is 16.2. The number of para-hydroxylation sites is 1. The second kappa shape index (κ2) is 5.59. The van der Waals surface area contributed by atoms with E-state index < -0.39 is 0 Å². The largest absolute Gasteiger partial charge is 0.352 e. The highest BCUT2D eigenvalue weighted by Crippen LogP contribution is 2.19. The second-order valence-electron chi connectivity index (χ2n) is 5.37. The van der Waals surface area contributed by atoms with E-state index in [1.807, 2.05) is 37.4 Å². The van der Waals surface area contributed by atoms with Gasteiger partial charge >= 0.3 is 0 Å². The number of hydrogen-bond acceptors (Lipinski definition) is 3. The van der Waals surface area contributed by atoms with Gasteiger partial charge in [-0.1, -0.05) is 18.2 Å². The van der Waals surface area contributed by atoms with Crippen LogP contribution >= 0.6 is 0 Å². The molecule has 0 aliphatic heterocycles. The Bertz CT molecular complexity index is 617. The lowest BCUT2D eigenvalue weighted by Gasteiger charge is -2.14. The molecule has 1 unspecified atom stereocenters. The lowest BCUT2D eigenvalue weighted by Crippen LogP contribution is -2.42. The van der Waals surface area contributed by atoms with Crippen LogP contribution in [0.1, 0.15) is 25.3 Å². The molecule has 0 bridgehead atoms. The number of nitrogens with zero attached hydrogens (tertiary/aromatic N) is 1. The lowest BCUT2D eigenvalue weighted by atomic mass is 10.1. The molecule has 1 aromatic carbocycles. The van der Waals surface area contributed by atoms with Crippen LogP contribution in [-0.2, 0) is 11.3 Å². The minimum atomic E-state index is -0.178. The normalized spacial score (nSPS) is 16.1. The van der Waals surface area contributed by atoms with E-state index in [1.54, 1.807) is 0 Å². The van der Waals surface area contributed by atoms with Crippen LogP contribution in [0, 0.1) is 0 Å². The molecule has 4 heteroatoms. The van der Waals surface area contributed by atoms with Gasteiger partial charge in [0, 0.05) is 24.2 Å². The van der Waals surface area contributed by atoms with Crippen LogP contribution in [0.2, 0.25) is 0 Å². The summed E-state index contributed by atoms with van der Waals surface area (Å²) in [6.45, 7) is 2.57. The first kappa shape index (κ1) is 13.1. The lowest BCUT2D eigenvalue weighted by molar-refractivity contribution is -0.122. The summed E-state index contributed by atoms with van der Waals surface area (Å²) in [5, 5.41) is 7.43. The van der Waals surface area contributed by atoms with Gasteiger partial charge < -0.3 is 10.6 Å². The van der Waals surface area contributed by atoms with Crippen molar-refractivity contribution in [3.05, 3.63) is 42.1 Å². The highest BCUT2D eigenvalue weighted by atomic mass is 16.2. The topological polar surface area (TPSA) is 54.0 Å². The van der Waals surface area contributed by atoms with Crippen LogP contribution in [0.5, 0.6) is 0 Å². The van der Waals surface area contributed by atoms with Crippen molar-refractivity contribution in [3.8, 4) is 0 Å². The van der Waals surface area contributed by atoms with Gasteiger partial charge in [0.2, 0.25) is 5.91 Å². The molecule has 2 aromatic rings. The summed E-state index contributed by atoms with van der Waals surface area (Å²) in [6, 6.07) is 10.3. The van der Waals surface area contributed by atoms with E-state index in [0.29, 0.717) is 12.6 Å². The fourth-order valence-corrected chi connectivity index (χ4v) is 2.22. The van der Waals surface area contributed by atoms with Crippen molar-refractivity contribution >= 4 is 16.8 Å². The number of amides is 1. The number of fused-ring (bicyclic) bond motifs is 1. The molecule has 104 valence electrons. The molecule has 1 atom stereocenters. The van der Waals surface area contributed by atoms with Crippen LogP contribution in [0.15, 0.2) is 36.5 Å². The SMILES string of the molecule is CC(NCc1ccnc2ccccc12)C(=O)NC1CC1. The highest BCUT2D eigenvalue weighted by Gasteiger charge is 2.25.